The van der Waals surface area contributed by atoms with E-state index in [1.807, 2.05) is 0 Å². The van der Waals surface area contributed by atoms with Gasteiger partial charge in [-0.05, 0) is 54.7 Å². The monoisotopic (exact) mass is 438 g/mol. The fourth-order valence-corrected chi connectivity index (χ4v) is 5.27. The molecule has 0 fully saturated rings. The molecule has 0 amide bonds. The number of benzene rings is 4. The van der Waals surface area contributed by atoms with Gasteiger partial charge in [0, 0.05) is 28.3 Å². The van der Waals surface area contributed by atoms with Crippen molar-refractivity contribution in [2.24, 2.45) is 0 Å². The largest absolute Gasteiger partial charge is 0.217 e. The fraction of sp³-hybridized carbons (Fsp3) is 0.121. The predicted octanol–water partition coefficient (Wildman–Crippen LogP) is 7.43. The Balaban J connectivity index is 1.68. The maximum Gasteiger partial charge on any atom is 0.217 e. The lowest BCUT2D eigenvalue weighted by Gasteiger charge is -2.23. The van der Waals surface area contributed by atoms with Crippen LogP contribution < -0.4 is 4.57 Å². The van der Waals surface area contributed by atoms with Gasteiger partial charge in [-0.15, -0.1) is 0 Å². The Bertz CT molecular complexity index is 1450. The van der Waals surface area contributed by atoms with Crippen molar-refractivity contribution in [3.05, 3.63) is 138 Å². The van der Waals surface area contributed by atoms with Crippen molar-refractivity contribution in [2.45, 2.75) is 26.3 Å². The second-order valence-corrected chi connectivity index (χ2v) is 9.23. The number of pyridine rings is 1. The molecule has 5 aromatic rings. The summed E-state index contributed by atoms with van der Waals surface area (Å²) >= 11 is 0. The van der Waals surface area contributed by atoms with Crippen LogP contribution >= 0.6 is 0 Å². The van der Waals surface area contributed by atoms with Crippen LogP contribution in [0.1, 0.15) is 22.3 Å². The van der Waals surface area contributed by atoms with Crippen molar-refractivity contribution in [3.63, 3.8) is 0 Å². The zero-order valence-electron chi connectivity index (χ0n) is 19.5. The summed E-state index contributed by atoms with van der Waals surface area (Å²) in [6.45, 7) is 3.00. The fourth-order valence-electron chi connectivity index (χ4n) is 5.27. The average Bonchev–Trinajstić information content (AvgIpc) is 2.90. The molecule has 0 saturated heterocycles. The van der Waals surface area contributed by atoms with Gasteiger partial charge in [0.05, 0.1) is 0 Å². The van der Waals surface area contributed by atoms with Crippen molar-refractivity contribution in [1.82, 2.24) is 0 Å². The molecule has 164 valence electrons. The van der Waals surface area contributed by atoms with Crippen LogP contribution in [0.5, 0.6) is 0 Å². The van der Waals surface area contributed by atoms with Crippen LogP contribution in [0.25, 0.3) is 33.6 Å². The van der Waals surface area contributed by atoms with E-state index in [1.165, 1.54) is 55.9 Å². The highest BCUT2D eigenvalue weighted by atomic mass is 15.0. The molecule has 0 aliphatic heterocycles. The van der Waals surface area contributed by atoms with Crippen LogP contribution in [0, 0.1) is 6.92 Å². The quantitative estimate of drug-likeness (QED) is 0.257. The van der Waals surface area contributed by atoms with Crippen molar-refractivity contribution in [1.29, 1.82) is 0 Å². The number of aromatic nitrogens is 1. The number of aryl methyl sites for hydroxylation is 2. The number of hydrogen-bond donors (Lipinski definition) is 0. The molecule has 4 aromatic carbocycles. The first-order valence-corrected chi connectivity index (χ1v) is 12.1. The van der Waals surface area contributed by atoms with Gasteiger partial charge in [0.15, 0.2) is 6.54 Å². The lowest BCUT2D eigenvalue weighted by molar-refractivity contribution is -0.667. The van der Waals surface area contributed by atoms with Crippen LogP contribution in [0.15, 0.2) is 115 Å². The molecule has 6 rings (SSSR count). The smallest absolute Gasteiger partial charge is 0.187 e. The van der Waals surface area contributed by atoms with Crippen LogP contribution in [0.2, 0.25) is 0 Å². The van der Waals surface area contributed by atoms with E-state index in [0.717, 1.165) is 19.4 Å². The molecule has 0 radical (unpaired) electrons. The Kier molecular flexibility index (Phi) is 5.31. The predicted molar refractivity (Wildman–Crippen MR) is 141 cm³/mol. The molecule has 1 heterocycles. The summed E-state index contributed by atoms with van der Waals surface area (Å²) in [5.41, 5.74) is 13.4. The second kappa shape index (κ2) is 8.76. The molecule has 0 atom stereocenters. The SMILES string of the molecule is Cc1ccc(C[n+]2c(-c3ccccc3)cc(-c3ccccc3)c3c2-c2ccccc2CC3)cc1. The molecular weight excluding hydrogens is 410 g/mol. The zero-order chi connectivity index (χ0) is 22.9. The summed E-state index contributed by atoms with van der Waals surface area (Å²) < 4.78 is 2.56. The highest BCUT2D eigenvalue weighted by molar-refractivity contribution is 5.80. The normalized spacial score (nSPS) is 12.1. The highest BCUT2D eigenvalue weighted by Gasteiger charge is 2.32. The third-order valence-corrected chi connectivity index (χ3v) is 6.99. The minimum atomic E-state index is 0.843. The van der Waals surface area contributed by atoms with E-state index in [1.54, 1.807) is 0 Å². The maximum atomic E-state index is 2.56. The summed E-state index contributed by atoms with van der Waals surface area (Å²) in [6, 6.07) is 42.1. The van der Waals surface area contributed by atoms with Gasteiger partial charge in [0.25, 0.3) is 0 Å². The topological polar surface area (TPSA) is 3.88 Å². The molecule has 0 bridgehead atoms. The van der Waals surface area contributed by atoms with Crippen LogP contribution in [-0.2, 0) is 19.4 Å². The zero-order valence-corrected chi connectivity index (χ0v) is 19.5. The minimum Gasteiger partial charge on any atom is -0.187 e. The Labute approximate surface area is 202 Å². The first-order chi connectivity index (χ1) is 16.8. The van der Waals surface area contributed by atoms with E-state index in [9.17, 15) is 0 Å². The Hall–Kier alpha value is -3.97. The maximum absolute atomic E-state index is 2.56. The van der Waals surface area contributed by atoms with Gasteiger partial charge >= 0.3 is 0 Å². The number of nitrogens with zero attached hydrogens (tertiary/aromatic N) is 1. The van der Waals surface area contributed by atoms with Gasteiger partial charge < -0.3 is 0 Å². The van der Waals surface area contributed by atoms with Gasteiger partial charge in [-0.2, -0.15) is 4.57 Å². The summed E-state index contributed by atoms with van der Waals surface area (Å²) in [6.07, 6.45) is 2.14. The molecule has 0 N–H and O–H groups in total. The Morgan fingerprint density at radius 1 is 0.618 bits per heavy atom. The van der Waals surface area contributed by atoms with E-state index in [0.29, 0.717) is 0 Å². The van der Waals surface area contributed by atoms with Gasteiger partial charge in [-0.3, -0.25) is 0 Å². The molecule has 34 heavy (non-hydrogen) atoms. The van der Waals surface area contributed by atoms with Crippen molar-refractivity contribution in [2.75, 3.05) is 0 Å². The average molecular weight is 439 g/mol. The van der Waals surface area contributed by atoms with Crippen molar-refractivity contribution >= 4 is 0 Å². The van der Waals surface area contributed by atoms with Crippen molar-refractivity contribution in [3.8, 4) is 33.6 Å². The Morgan fingerprint density at radius 3 is 2.00 bits per heavy atom. The summed E-state index contributed by atoms with van der Waals surface area (Å²) in [7, 11) is 0. The summed E-state index contributed by atoms with van der Waals surface area (Å²) in [5, 5.41) is 0. The molecule has 1 nitrogen and oxygen atoms in total. The number of fused-ring (bicyclic) bond motifs is 3. The molecule has 0 unspecified atom stereocenters. The lowest BCUT2D eigenvalue weighted by Crippen LogP contribution is -2.41. The Morgan fingerprint density at radius 2 is 1.26 bits per heavy atom. The minimum absolute atomic E-state index is 0.843. The third-order valence-electron chi connectivity index (χ3n) is 6.99. The molecule has 0 saturated carbocycles. The molecule has 1 aliphatic carbocycles. The number of hydrogen-bond acceptors (Lipinski definition) is 0. The van der Waals surface area contributed by atoms with Gasteiger partial charge in [0.1, 0.15) is 0 Å². The first-order valence-electron chi connectivity index (χ1n) is 12.1. The highest BCUT2D eigenvalue weighted by Crippen LogP contribution is 2.39. The van der Waals surface area contributed by atoms with E-state index >= 15 is 0 Å². The number of rotatable bonds is 4. The first kappa shape index (κ1) is 20.6. The van der Waals surface area contributed by atoms with E-state index in [-0.39, 0.29) is 0 Å². The van der Waals surface area contributed by atoms with Gasteiger partial charge in [-0.25, -0.2) is 0 Å². The molecular formula is C33H28N+. The summed E-state index contributed by atoms with van der Waals surface area (Å²) in [4.78, 5) is 0. The second-order valence-electron chi connectivity index (χ2n) is 9.23. The molecule has 1 aliphatic rings. The van der Waals surface area contributed by atoms with Crippen molar-refractivity contribution < 1.29 is 4.57 Å². The molecule has 0 spiro atoms. The lowest BCUT2D eigenvalue weighted by atomic mass is 9.83. The summed E-state index contributed by atoms with van der Waals surface area (Å²) in [5.74, 6) is 0. The van der Waals surface area contributed by atoms with Gasteiger partial charge in [-0.1, -0.05) is 96.6 Å². The molecule has 1 aromatic heterocycles. The van der Waals surface area contributed by atoms with Crippen LogP contribution in [-0.4, -0.2) is 0 Å². The van der Waals surface area contributed by atoms with E-state index < -0.39 is 0 Å². The van der Waals surface area contributed by atoms with E-state index in [2.05, 4.69) is 127 Å². The van der Waals surface area contributed by atoms with Crippen LogP contribution in [0.4, 0.5) is 0 Å². The van der Waals surface area contributed by atoms with Gasteiger partial charge in [0.2, 0.25) is 11.4 Å². The standard InChI is InChI=1S/C33H28N/c1-24-16-18-25(19-17-24)23-34-32(28-13-6-3-7-14-28)22-31(26-10-4-2-5-11-26)30-21-20-27-12-8-9-15-29(27)33(30)34/h2-19,22H,20-21,23H2,1H3/q+1. The third kappa shape index (κ3) is 3.74. The molecule has 1 heteroatoms. The van der Waals surface area contributed by atoms with E-state index in [4.69, 9.17) is 0 Å². The van der Waals surface area contributed by atoms with Crippen LogP contribution in [0.3, 0.4) is 0 Å².